The first-order valence-electron chi connectivity index (χ1n) is 4.37. The Labute approximate surface area is 76.3 Å². The van der Waals surface area contributed by atoms with Crippen LogP contribution in [0.25, 0.3) is 0 Å². The number of hydrogen-bond acceptors (Lipinski definition) is 3. The summed E-state index contributed by atoms with van der Waals surface area (Å²) in [5.74, 6) is -1.01. The van der Waals surface area contributed by atoms with Crippen LogP contribution in [-0.4, -0.2) is 29.6 Å². The Hall–Kier alpha value is -1.10. The molecule has 1 aliphatic heterocycles. The molecule has 2 atom stereocenters. The predicted octanol–water partition coefficient (Wildman–Crippen LogP) is -0.685. The largest absolute Gasteiger partial charge is 0.480 e. The molecular formula is C8H14N2O3. The number of nitrogens with two attached hydrogens (primary N) is 1. The van der Waals surface area contributed by atoms with Crippen LogP contribution < -0.4 is 11.1 Å². The Bertz CT molecular complexity index is 217. The predicted molar refractivity (Wildman–Crippen MR) is 46.0 cm³/mol. The third-order valence-corrected chi connectivity index (χ3v) is 2.31. The summed E-state index contributed by atoms with van der Waals surface area (Å²) < 4.78 is 0. The molecule has 0 bridgehead atoms. The first-order chi connectivity index (χ1) is 6.11. The fraction of sp³-hybridized carbons (Fsp3) is 0.750. The Morgan fingerprint density at radius 2 is 2.46 bits per heavy atom. The van der Waals surface area contributed by atoms with Gasteiger partial charge in [-0.25, -0.2) is 0 Å². The summed E-state index contributed by atoms with van der Waals surface area (Å²) in [6, 6.07) is -0.839. The van der Waals surface area contributed by atoms with Gasteiger partial charge in [0, 0.05) is 12.5 Å². The van der Waals surface area contributed by atoms with E-state index in [-0.39, 0.29) is 11.8 Å². The van der Waals surface area contributed by atoms with Crippen LogP contribution in [0.2, 0.25) is 0 Å². The maximum Gasteiger partial charge on any atom is 0.320 e. The fourth-order valence-corrected chi connectivity index (χ4v) is 1.42. The lowest BCUT2D eigenvalue weighted by atomic mass is 9.99. The van der Waals surface area contributed by atoms with Crippen molar-refractivity contribution in [2.75, 3.05) is 6.54 Å². The van der Waals surface area contributed by atoms with Crippen LogP contribution in [0.15, 0.2) is 0 Å². The van der Waals surface area contributed by atoms with Gasteiger partial charge in [0.25, 0.3) is 0 Å². The van der Waals surface area contributed by atoms with Crippen molar-refractivity contribution in [2.45, 2.75) is 25.3 Å². The zero-order valence-electron chi connectivity index (χ0n) is 7.32. The summed E-state index contributed by atoms with van der Waals surface area (Å²) in [6.07, 6.45) is 1.73. The summed E-state index contributed by atoms with van der Waals surface area (Å²) in [5, 5.41) is 11.2. The molecule has 5 heteroatoms. The first-order valence-corrected chi connectivity index (χ1v) is 4.37. The molecule has 1 aliphatic rings. The van der Waals surface area contributed by atoms with E-state index in [0.29, 0.717) is 19.4 Å². The maximum atomic E-state index is 11.1. The van der Waals surface area contributed by atoms with Gasteiger partial charge in [0.2, 0.25) is 5.91 Å². The SMILES string of the molecule is N[C@@H](CC[C@H]1CCNC1=O)C(=O)O. The Morgan fingerprint density at radius 3 is 2.92 bits per heavy atom. The normalized spacial score (nSPS) is 24.1. The van der Waals surface area contributed by atoms with Gasteiger partial charge in [-0.2, -0.15) is 0 Å². The van der Waals surface area contributed by atoms with Gasteiger partial charge in [-0.1, -0.05) is 0 Å². The van der Waals surface area contributed by atoms with E-state index in [1.54, 1.807) is 0 Å². The lowest BCUT2D eigenvalue weighted by Crippen LogP contribution is -2.31. The van der Waals surface area contributed by atoms with E-state index in [1.165, 1.54) is 0 Å². The molecule has 74 valence electrons. The molecule has 0 radical (unpaired) electrons. The van der Waals surface area contributed by atoms with E-state index in [1.807, 2.05) is 0 Å². The van der Waals surface area contributed by atoms with Gasteiger partial charge in [0.05, 0.1) is 0 Å². The molecule has 1 fully saturated rings. The summed E-state index contributed by atoms with van der Waals surface area (Å²) in [6.45, 7) is 0.700. The Morgan fingerprint density at radius 1 is 1.77 bits per heavy atom. The number of nitrogens with one attached hydrogen (secondary N) is 1. The van der Waals surface area contributed by atoms with Gasteiger partial charge in [0.1, 0.15) is 6.04 Å². The summed E-state index contributed by atoms with van der Waals surface area (Å²) >= 11 is 0. The van der Waals surface area contributed by atoms with Crippen LogP contribution in [-0.2, 0) is 9.59 Å². The van der Waals surface area contributed by atoms with Crippen molar-refractivity contribution in [2.24, 2.45) is 11.7 Å². The smallest absolute Gasteiger partial charge is 0.320 e. The van der Waals surface area contributed by atoms with Crippen molar-refractivity contribution in [3.63, 3.8) is 0 Å². The minimum absolute atomic E-state index is 0.0255. The number of aliphatic carboxylic acids is 1. The van der Waals surface area contributed by atoms with Crippen molar-refractivity contribution < 1.29 is 14.7 Å². The van der Waals surface area contributed by atoms with Gasteiger partial charge >= 0.3 is 5.97 Å². The van der Waals surface area contributed by atoms with Crippen LogP contribution >= 0.6 is 0 Å². The quantitative estimate of drug-likeness (QED) is 0.542. The molecular weight excluding hydrogens is 172 g/mol. The van der Waals surface area contributed by atoms with E-state index >= 15 is 0 Å². The number of carboxylic acids is 1. The lowest BCUT2D eigenvalue weighted by molar-refractivity contribution is -0.139. The van der Waals surface area contributed by atoms with Crippen molar-refractivity contribution in [3.8, 4) is 0 Å². The molecule has 0 aliphatic carbocycles. The molecule has 0 saturated carbocycles. The van der Waals surface area contributed by atoms with Gasteiger partial charge in [-0.3, -0.25) is 9.59 Å². The highest BCUT2D eigenvalue weighted by Crippen LogP contribution is 2.16. The molecule has 0 aromatic heterocycles. The third-order valence-electron chi connectivity index (χ3n) is 2.31. The molecule has 13 heavy (non-hydrogen) atoms. The molecule has 1 rings (SSSR count). The maximum absolute atomic E-state index is 11.1. The number of hydrogen-bond donors (Lipinski definition) is 3. The summed E-state index contributed by atoms with van der Waals surface area (Å²) in [5.41, 5.74) is 5.31. The molecule has 1 heterocycles. The average molecular weight is 186 g/mol. The van der Waals surface area contributed by atoms with E-state index in [0.717, 1.165) is 6.42 Å². The van der Waals surface area contributed by atoms with Gasteiger partial charge < -0.3 is 16.2 Å². The Balaban J connectivity index is 2.25. The zero-order chi connectivity index (χ0) is 9.84. The van der Waals surface area contributed by atoms with Crippen LogP contribution in [0.3, 0.4) is 0 Å². The second kappa shape index (κ2) is 4.23. The zero-order valence-corrected chi connectivity index (χ0v) is 7.32. The third kappa shape index (κ3) is 2.69. The van der Waals surface area contributed by atoms with Gasteiger partial charge in [0.15, 0.2) is 0 Å². The van der Waals surface area contributed by atoms with Crippen LogP contribution in [0, 0.1) is 5.92 Å². The monoisotopic (exact) mass is 186 g/mol. The standard InChI is InChI=1S/C8H14N2O3/c9-6(8(12)13)2-1-5-3-4-10-7(5)11/h5-6H,1-4,9H2,(H,10,11)(H,12,13)/t5-,6-/m0/s1. The van der Waals surface area contributed by atoms with Crippen LogP contribution in [0.5, 0.6) is 0 Å². The first kappa shape index (κ1) is 9.98. The van der Waals surface area contributed by atoms with Crippen molar-refractivity contribution in [1.29, 1.82) is 0 Å². The highest BCUT2D eigenvalue weighted by Gasteiger charge is 2.25. The van der Waals surface area contributed by atoms with Crippen LogP contribution in [0.1, 0.15) is 19.3 Å². The number of carbonyl (C=O) groups excluding carboxylic acids is 1. The average Bonchev–Trinajstić information content (AvgIpc) is 2.47. The Kier molecular flexibility index (Phi) is 3.25. The summed E-state index contributed by atoms with van der Waals surface area (Å²) in [7, 11) is 0. The number of rotatable bonds is 4. The van der Waals surface area contributed by atoms with E-state index in [2.05, 4.69) is 5.32 Å². The fourth-order valence-electron chi connectivity index (χ4n) is 1.42. The molecule has 1 saturated heterocycles. The van der Waals surface area contributed by atoms with Crippen molar-refractivity contribution in [3.05, 3.63) is 0 Å². The highest BCUT2D eigenvalue weighted by molar-refractivity contribution is 5.80. The second-order valence-corrected chi connectivity index (χ2v) is 3.30. The van der Waals surface area contributed by atoms with Crippen molar-refractivity contribution >= 4 is 11.9 Å². The molecule has 1 amide bonds. The number of carboxylic acid groups (broad SMARTS) is 1. The van der Waals surface area contributed by atoms with Crippen molar-refractivity contribution in [1.82, 2.24) is 5.32 Å². The molecule has 0 spiro atoms. The highest BCUT2D eigenvalue weighted by atomic mass is 16.4. The van der Waals surface area contributed by atoms with E-state index in [4.69, 9.17) is 10.8 Å². The lowest BCUT2D eigenvalue weighted by Gasteiger charge is -2.08. The van der Waals surface area contributed by atoms with Gasteiger partial charge in [-0.15, -0.1) is 0 Å². The second-order valence-electron chi connectivity index (χ2n) is 3.30. The summed E-state index contributed by atoms with van der Waals surface area (Å²) in [4.78, 5) is 21.4. The minimum Gasteiger partial charge on any atom is -0.480 e. The number of amides is 1. The van der Waals surface area contributed by atoms with E-state index in [9.17, 15) is 9.59 Å². The van der Waals surface area contributed by atoms with Gasteiger partial charge in [-0.05, 0) is 19.3 Å². The van der Waals surface area contributed by atoms with E-state index < -0.39 is 12.0 Å². The molecule has 5 nitrogen and oxygen atoms in total. The molecule has 0 aromatic carbocycles. The topological polar surface area (TPSA) is 92.4 Å². The molecule has 0 unspecified atom stereocenters. The number of carbonyl (C=O) groups is 2. The molecule has 4 N–H and O–H groups in total. The van der Waals surface area contributed by atoms with Crippen LogP contribution in [0.4, 0.5) is 0 Å². The minimum atomic E-state index is -1.00. The molecule has 0 aromatic rings.